The molecule has 5 N–H and O–H groups in total. The number of aromatic nitrogens is 6. The molecular formula is C25H24FN9O. The molecule has 7 rings (SSSR count). The molecule has 5 aromatic rings. The zero-order valence-electron chi connectivity index (χ0n) is 19.5. The van der Waals surface area contributed by atoms with Crippen molar-refractivity contribution in [1.29, 1.82) is 0 Å². The maximum absolute atomic E-state index is 13.4. The summed E-state index contributed by atoms with van der Waals surface area (Å²) in [4.78, 5) is 20.7. The minimum absolute atomic E-state index is 0.0808. The number of aromatic amines is 2. The summed E-state index contributed by atoms with van der Waals surface area (Å²) in [6, 6.07) is 11.2. The van der Waals surface area contributed by atoms with E-state index in [4.69, 9.17) is 14.5 Å². The van der Waals surface area contributed by atoms with Crippen LogP contribution in [0, 0.1) is 18.7 Å². The summed E-state index contributed by atoms with van der Waals surface area (Å²) in [5, 5.41) is 9.45. The summed E-state index contributed by atoms with van der Waals surface area (Å²) >= 11 is 0. The first-order chi connectivity index (χ1) is 17.6. The van der Waals surface area contributed by atoms with Crippen molar-refractivity contribution in [3.05, 3.63) is 83.4 Å². The van der Waals surface area contributed by atoms with E-state index in [1.807, 2.05) is 6.07 Å². The number of imidazole rings is 1. The predicted molar refractivity (Wildman–Crippen MR) is 129 cm³/mol. The van der Waals surface area contributed by atoms with Gasteiger partial charge in [0.25, 0.3) is 0 Å². The summed E-state index contributed by atoms with van der Waals surface area (Å²) in [6.07, 6.45) is 3.65. The first kappa shape index (κ1) is 21.4. The maximum Gasteiger partial charge on any atom is 0.223 e. The SMILES string of the molecule is Cc1nc([C@]2(C3CNNC3)N[C@@H](c3ncc(-c4ccc(F)cn4)[nH]3)Cc3c2[nH]c2ccccc32)no1. The monoisotopic (exact) mass is 485 g/mol. The Labute approximate surface area is 205 Å². The number of aryl methyl sites for hydroxylation is 1. The molecule has 0 spiro atoms. The number of pyridine rings is 1. The summed E-state index contributed by atoms with van der Waals surface area (Å²) in [6.45, 7) is 3.23. The summed E-state index contributed by atoms with van der Waals surface area (Å²) in [5.41, 5.74) is 10.4. The number of nitrogens with one attached hydrogen (secondary N) is 5. The van der Waals surface area contributed by atoms with E-state index in [1.165, 1.54) is 17.8 Å². The first-order valence-electron chi connectivity index (χ1n) is 11.9. The molecule has 1 aromatic carbocycles. The van der Waals surface area contributed by atoms with E-state index in [0.717, 1.165) is 28.1 Å². The van der Waals surface area contributed by atoms with Gasteiger partial charge in [-0.25, -0.2) is 9.37 Å². The van der Waals surface area contributed by atoms with Gasteiger partial charge in [-0.1, -0.05) is 23.4 Å². The molecule has 2 aliphatic rings. The van der Waals surface area contributed by atoms with Gasteiger partial charge < -0.3 is 14.5 Å². The van der Waals surface area contributed by atoms with E-state index < -0.39 is 5.54 Å². The fraction of sp³-hybridized carbons (Fsp3) is 0.280. The van der Waals surface area contributed by atoms with Gasteiger partial charge in [0.2, 0.25) is 5.89 Å². The van der Waals surface area contributed by atoms with Crippen LogP contribution in [-0.2, 0) is 12.0 Å². The van der Waals surface area contributed by atoms with Gasteiger partial charge >= 0.3 is 0 Å². The number of hydrogen-bond acceptors (Lipinski definition) is 8. The minimum Gasteiger partial charge on any atom is -0.356 e. The lowest BCUT2D eigenvalue weighted by atomic mass is 9.74. The van der Waals surface area contributed by atoms with Crippen molar-refractivity contribution >= 4 is 10.9 Å². The normalized spacial score (nSPS) is 22.3. The number of hydrogen-bond donors (Lipinski definition) is 5. The van der Waals surface area contributed by atoms with E-state index in [0.29, 0.717) is 36.9 Å². The highest BCUT2D eigenvalue weighted by molar-refractivity contribution is 5.85. The van der Waals surface area contributed by atoms with Crippen LogP contribution in [-0.4, -0.2) is 43.2 Å². The maximum atomic E-state index is 13.4. The fourth-order valence-electron chi connectivity index (χ4n) is 5.60. The molecular weight excluding hydrogens is 461 g/mol. The van der Waals surface area contributed by atoms with Crippen LogP contribution < -0.4 is 16.2 Å². The molecule has 2 atom stereocenters. The van der Waals surface area contributed by atoms with Gasteiger partial charge in [-0.05, 0) is 30.2 Å². The van der Waals surface area contributed by atoms with E-state index in [2.05, 4.69) is 54.5 Å². The molecule has 4 aromatic heterocycles. The van der Waals surface area contributed by atoms with Gasteiger partial charge in [0.15, 0.2) is 5.82 Å². The van der Waals surface area contributed by atoms with Crippen LogP contribution in [0.25, 0.3) is 22.3 Å². The van der Waals surface area contributed by atoms with Crippen molar-refractivity contribution < 1.29 is 8.91 Å². The number of fused-ring (bicyclic) bond motifs is 3. The summed E-state index contributed by atoms with van der Waals surface area (Å²) in [7, 11) is 0. The Bertz CT molecular complexity index is 1550. The van der Waals surface area contributed by atoms with Gasteiger partial charge in [0.05, 0.1) is 29.8 Å². The Morgan fingerprint density at radius 1 is 1.03 bits per heavy atom. The van der Waals surface area contributed by atoms with E-state index >= 15 is 0 Å². The smallest absolute Gasteiger partial charge is 0.223 e. The Kier molecular flexibility index (Phi) is 4.78. The van der Waals surface area contributed by atoms with Crippen LogP contribution in [0.1, 0.15) is 34.8 Å². The Balaban J connectivity index is 1.40. The molecule has 36 heavy (non-hydrogen) atoms. The number of nitrogens with zero attached hydrogens (tertiary/aromatic N) is 4. The third kappa shape index (κ3) is 3.20. The van der Waals surface area contributed by atoms with E-state index in [1.54, 1.807) is 19.2 Å². The third-order valence-electron chi connectivity index (χ3n) is 7.26. The number of rotatable bonds is 4. The standard InChI is InChI=1S/C25H24FN9O/c1-13-31-24(35-36-13)25(14-9-29-30-10-14)22-17(16-4-2-3-5-18(16)32-22)8-20(34-25)23-28-12-21(33-23)19-7-6-15(26)11-27-19/h2-7,11-12,14,20,29-30,32,34H,8-10H2,1H3,(H,28,33)/t20-,25-/m1/s1. The average molecular weight is 486 g/mol. The Morgan fingerprint density at radius 2 is 1.89 bits per heavy atom. The summed E-state index contributed by atoms with van der Waals surface area (Å²) in [5.74, 6) is 1.55. The fourth-order valence-corrected chi connectivity index (χ4v) is 5.60. The van der Waals surface area contributed by atoms with Crippen LogP contribution in [0.5, 0.6) is 0 Å². The predicted octanol–water partition coefficient (Wildman–Crippen LogP) is 2.64. The molecule has 10 nitrogen and oxygen atoms in total. The molecule has 1 saturated heterocycles. The molecule has 0 unspecified atom stereocenters. The molecule has 0 radical (unpaired) electrons. The Hall–Kier alpha value is -3.93. The first-order valence-corrected chi connectivity index (χ1v) is 11.9. The molecule has 182 valence electrons. The van der Waals surface area contributed by atoms with Gasteiger partial charge in [-0.15, -0.1) is 0 Å². The van der Waals surface area contributed by atoms with Crippen molar-refractivity contribution in [2.45, 2.75) is 24.9 Å². The van der Waals surface area contributed by atoms with E-state index in [9.17, 15) is 4.39 Å². The Morgan fingerprint density at radius 3 is 2.67 bits per heavy atom. The molecule has 1 fully saturated rings. The minimum atomic E-state index is -0.757. The van der Waals surface area contributed by atoms with Crippen molar-refractivity contribution in [3.63, 3.8) is 0 Å². The average Bonchev–Trinajstić information content (AvgIpc) is 3.70. The number of H-pyrrole nitrogens is 2. The second kappa shape index (κ2) is 8.05. The zero-order chi connectivity index (χ0) is 24.3. The lowest BCUT2D eigenvalue weighted by Crippen LogP contribution is -2.56. The van der Waals surface area contributed by atoms with Gasteiger partial charge in [0.1, 0.15) is 17.2 Å². The van der Waals surface area contributed by atoms with Gasteiger partial charge in [0, 0.05) is 42.5 Å². The molecule has 2 aliphatic heterocycles. The highest BCUT2D eigenvalue weighted by Crippen LogP contribution is 2.46. The summed E-state index contributed by atoms with van der Waals surface area (Å²) < 4.78 is 18.9. The van der Waals surface area contributed by atoms with Crippen LogP contribution in [0.3, 0.4) is 0 Å². The van der Waals surface area contributed by atoms with Crippen LogP contribution in [0.2, 0.25) is 0 Å². The van der Waals surface area contributed by atoms with Gasteiger partial charge in [-0.3, -0.25) is 21.2 Å². The number of para-hydroxylation sites is 1. The zero-order valence-corrected chi connectivity index (χ0v) is 19.5. The topological polar surface area (TPSA) is 132 Å². The molecule has 0 amide bonds. The highest BCUT2D eigenvalue weighted by atomic mass is 19.1. The quantitative estimate of drug-likeness (QED) is 0.263. The highest BCUT2D eigenvalue weighted by Gasteiger charge is 2.53. The largest absolute Gasteiger partial charge is 0.356 e. The van der Waals surface area contributed by atoms with Gasteiger partial charge in [-0.2, -0.15) is 4.98 Å². The van der Waals surface area contributed by atoms with Crippen molar-refractivity contribution in [1.82, 2.24) is 46.2 Å². The lowest BCUT2D eigenvalue weighted by Gasteiger charge is -2.43. The van der Waals surface area contributed by atoms with Crippen LogP contribution in [0.15, 0.2) is 53.3 Å². The van der Waals surface area contributed by atoms with E-state index in [-0.39, 0.29) is 17.8 Å². The van der Waals surface area contributed by atoms with Crippen LogP contribution >= 0.6 is 0 Å². The van der Waals surface area contributed by atoms with Crippen molar-refractivity contribution in [2.24, 2.45) is 5.92 Å². The number of hydrazine groups is 1. The lowest BCUT2D eigenvalue weighted by molar-refractivity contribution is 0.207. The van der Waals surface area contributed by atoms with Crippen LogP contribution in [0.4, 0.5) is 4.39 Å². The molecule has 0 saturated carbocycles. The number of benzene rings is 1. The molecule has 11 heteroatoms. The second-order valence-electron chi connectivity index (χ2n) is 9.37. The third-order valence-corrected chi connectivity index (χ3v) is 7.26. The molecule has 0 aliphatic carbocycles. The van der Waals surface area contributed by atoms with Crippen molar-refractivity contribution in [3.8, 4) is 11.4 Å². The molecule has 6 heterocycles. The van der Waals surface area contributed by atoms with Crippen molar-refractivity contribution in [2.75, 3.05) is 13.1 Å². The number of halogens is 1. The second-order valence-corrected chi connectivity index (χ2v) is 9.37. The molecule has 0 bridgehead atoms.